The van der Waals surface area contributed by atoms with Crippen LogP contribution in [0.3, 0.4) is 0 Å². The molecule has 30 heavy (non-hydrogen) atoms. The second-order valence-electron chi connectivity index (χ2n) is 7.86. The fourth-order valence-corrected chi connectivity index (χ4v) is 4.38. The van der Waals surface area contributed by atoms with E-state index < -0.39 is 6.10 Å². The van der Waals surface area contributed by atoms with E-state index in [1.165, 1.54) is 0 Å². The van der Waals surface area contributed by atoms with Crippen molar-refractivity contribution in [3.63, 3.8) is 0 Å². The number of fused-ring (bicyclic) bond motifs is 1. The SMILES string of the molecule is O[C@@H](c1cccnn1)[C@H]1CCCN(c2nnnc3cc(N4CCOCC4)ccc23)C1. The van der Waals surface area contributed by atoms with E-state index in [4.69, 9.17) is 4.74 Å². The largest absolute Gasteiger partial charge is 0.386 e. The zero-order valence-electron chi connectivity index (χ0n) is 16.8. The van der Waals surface area contributed by atoms with Crippen molar-refractivity contribution in [2.75, 3.05) is 49.2 Å². The first-order valence-corrected chi connectivity index (χ1v) is 10.5. The Morgan fingerprint density at radius 2 is 1.93 bits per heavy atom. The van der Waals surface area contributed by atoms with Gasteiger partial charge in [-0.15, -0.1) is 10.2 Å². The molecule has 2 fully saturated rings. The van der Waals surface area contributed by atoms with E-state index in [1.807, 2.05) is 6.07 Å². The Morgan fingerprint density at radius 1 is 1.03 bits per heavy atom. The molecule has 2 aliphatic heterocycles. The van der Waals surface area contributed by atoms with Gasteiger partial charge in [-0.3, -0.25) is 0 Å². The Labute approximate surface area is 174 Å². The van der Waals surface area contributed by atoms with Gasteiger partial charge in [0.25, 0.3) is 0 Å². The number of rotatable bonds is 4. The molecule has 1 aromatic carbocycles. The number of ether oxygens (including phenoxy) is 1. The fraction of sp³-hybridized carbons (Fsp3) is 0.476. The Balaban J connectivity index is 1.39. The standard InChI is InChI=1S/C21H25N7O2/c29-20(18-4-1-7-22-23-18)15-3-2-8-28(14-15)21-17-6-5-16(13-19(17)24-26-25-21)27-9-11-30-12-10-27/h1,4-7,13,15,20,29H,2-3,8-12,14H2/t15-,20+/m0/s1. The normalized spacial score (nSPS) is 21.0. The van der Waals surface area contributed by atoms with Crippen LogP contribution in [0.15, 0.2) is 36.5 Å². The molecular formula is C21H25N7O2. The average Bonchev–Trinajstić information content (AvgIpc) is 2.84. The molecule has 3 aromatic rings. The maximum absolute atomic E-state index is 10.8. The predicted molar refractivity (Wildman–Crippen MR) is 112 cm³/mol. The van der Waals surface area contributed by atoms with E-state index in [2.05, 4.69) is 53.6 Å². The van der Waals surface area contributed by atoms with Gasteiger partial charge < -0.3 is 19.6 Å². The summed E-state index contributed by atoms with van der Waals surface area (Å²) in [4.78, 5) is 4.51. The Bertz CT molecular complexity index is 997. The Hall–Kier alpha value is -2.91. The van der Waals surface area contributed by atoms with Gasteiger partial charge in [0.15, 0.2) is 5.82 Å². The third-order valence-corrected chi connectivity index (χ3v) is 5.99. The molecule has 4 heterocycles. The maximum atomic E-state index is 10.8. The van der Waals surface area contributed by atoms with Gasteiger partial charge in [0.05, 0.1) is 18.9 Å². The molecule has 2 saturated heterocycles. The third kappa shape index (κ3) is 3.78. The van der Waals surface area contributed by atoms with E-state index in [9.17, 15) is 5.11 Å². The highest BCUT2D eigenvalue weighted by Crippen LogP contribution is 2.33. The average molecular weight is 407 g/mol. The van der Waals surface area contributed by atoms with Crippen LogP contribution in [0.4, 0.5) is 11.5 Å². The number of anilines is 2. The van der Waals surface area contributed by atoms with Crippen molar-refractivity contribution >= 4 is 22.4 Å². The number of piperidine rings is 1. The monoisotopic (exact) mass is 407 g/mol. The van der Waals surface area contributed by atoms with E-state index in [0.717, 1.165) is 68.1 Å². The minimum Gasteiger partial charge on any atom is -0.386 e. The van der Waals surface area contributed by atoms with Crippen LogP contribution in [-0.4, -0.2) is 70.1 Å². The molecule has 0 amide bonds. The van der Waals surface area contributed by atoms with Gasteiger partial charge >= 0.3 is 0 Å². The molecule has 0 saturated carbocycles. The van der Waals surface area contributed by atoms with Crippen LogP contribution in [0.2, 0.25) is 0 Å². The third-order valence-electron chi connectivity index (χ3n) is 5.99. The summed E-state index contributed by atoms with van der Waals surface area (Å²) in [5.74, 6) is 0.887. The summed E-state index contributed by atoms with van der Waals surface area (Å²) in [7, 11) is 0. The molecule has 0 unspecified atom stereocenters. The highest BCUT2D eigenvalue weighted by molar-refractivity contribution is 5.91. The van der Waals surface area contributed by atoms with Crippen molar-refractivity contribution in [1.29, 1.82) is 0 Å². The van der Waals surface area contributed by atoms with Crippen LogP contribution in [0.1, 0.15) is 24.6 Å². The van der Waals surface area contributed by atoms with Gasteiger partial charge in [0.1, 0.15) is 11.6 Å². The summed E-state index contributed by atoms with van der Waals surface area (Å²) < 4.78 is 5.45. The Morgan fingerprint density at radius 3 is 2.77 bits per heavy atom. The minimum atomic E-state index is -0.643. The van der Waals surface area contributed by atoms with Crippen molar-refractivity contribution in [3.8, 4) is 0 Å². The van der Waals surface area contributed by atoms with Gasteiger partial charge in [-0.25, -0.2) is 0 Å². The molecule has 0 radical (unpaired) electrons. The number of aromatic nitrogens is 5. The van der Waals surface area contributed by atoms with Gasteiger partial charge in [-0.05, 0) is 48.4 Å². The maximum Gasteiger partial charge on any atom is 0.162 e. The molecule has 2 atom stereocenters. The predicted octanol–water partition coefficient (Wildman–Crippen LogP) is 1.60. The van der Waals surface area contributed by atoms with Crippen LogP contribution >= 0.6 is 0 Å². The number of nitrogens with zero attached hydrogens (tertiary/aromatic N) is 7. The lowest BCUT2D eigenvalue weighted by molar-refractivity contribution is 0.0932. The van der Waals surface area contributed by atoms with Crippen LogP contribution < -0.4 is 9.80 Å². The van der Waals surface area contributed by atoms with Crippen LogP contribution in [0.5, 0.6) is 0 Å². The van der Waals surface area contributed by atoms with Crippen molar-refractivity contribution in [1.82, 2.24) is 25.6 Å². The summed E-state index contributed by atoms with van der Waals surface area (Å²) in [6.07, 6.45) is 2.88. The lowest BCUT2D eigenvalue weighted by Gasteiger charge is -2.35. The summed E-state index contributed by atoms with van der Waals surface area (Å²) in [6, 6.07) is 9.91. The number of hydrogen-bond donors (Lipinski definition) is 1. The van der Waals surface area contributed by atoms with Crippen molar-refractivity contribution in [2.45, 2.75) is 18.9 Å². The van der Waals surface area contributed by atoms with Crippen molar-refractivity contribution in [3.05, 3.63) is 42.2 Å². The smallest absolute Gasteiger partial charge is 0.162 e. The molecule has 1 N–H and O–H groups in total. The number of morpholine rings is 1. The molecule has 2 aromatic heterocycles. The molecule has 0 bridgehead atoms. The first kappa shape index (κ1) is 19.1. The quantitative estimate of drug-likeness (QED) is 0.691. The number of aliphatic hydroxyl groups is 1. The minimum absolute atomic E-state index is 0.0630. The Kier molecular flexibility index (Phi) is 5.37. The molecule has 9 nitrogen and oxygen atoms in total. The summed E-state index contributed by atoms with van der Waals surface area (Å²) >= 11 is 0. The fourth-order valence-electron chi connectivity index (χ4n) is 4.38. The summed E-state index contributed by atoms with van der Waals surface area (Å²) in [6.45, 7) is 4.82. The molecular weight excluding hydrogens is 382 g/mol. The second kappa shape index (κ2) is 8.45. The first-order chi connectivity index (χ1) is 14.8. The highest BCUT2D eigenvalue weighted by Gasteiger charge is 2.29. The van der Waals surface area contributed by atoms with Gasteiger partial charge in [-0.1, -0.05) is 0 Å². The zero-order chi connectivity index (χ0) is 20.3. The molecule has 156 valence electrons. The second-order valence-corrected chi connectivity index (χ2v) is 7.86. The van der Waals surface area contributed by atoms with Gasteiger partial charge in [0.2, 0.25) is 0 Å². The topological polar surface area (TPSA) is 100 Å². The van der Waals surface area contributed by atoms with Crippen molar-refractivity contribution in [2.24, 2.45) is 5.92 Å². The van der Waals surface area contributed by atoms with Gasteiger partial charge in [0, 0.05) is 49.4 Å². The van der Waals surface area contributed by atoms with Crippen LogP contribution in [0, 0.1) is 5.92 Å². The van der Waals surface area contributed by atoms with Gasteiger partial charge in [-0.2, -0.15) is 10.2 Å². The molecule has 9 heteroatoms. The molecule has 0 spiro atoms. The molecule has 0 aliphatic carbocycles. The molecule has 5 rings (SSSR count). The van der Waals surface area contributed by atoms with E-state index >= 15 is 0 Å². The molecule has 2 aliphatic rings. The van der Waals surface area contributed by atoms with Crippen LogP contribution in [-0.2, 0) is 4.74 Å². The van der Waals surface area contributed by atoms with E-state index in [-0.39, 0.29) is 5.92 Å². The number of hydrogen-bond acceptors (Lipinski definition) is 9. The van der Waals surface area contributed by atoms with E-state index in [1.54, 1.807) is 12.3 Å². The van der Waals surface area contributed by atoms with Crippen molar-refractivity contribution < 1.29 is 9.84 Å². The summed E-state index contributed by atoms with van der Waals surface area (Å²) in [5, 5.41) is 32.5. The highest BCUT2D eigenvalue weighted by atomic mass is 16.5. The lowest BCUT2D eigenvalue weighted by Crippen LogP contribution is -2.39. The first-order valence-electron chi connectivity index (χ1n) is 10.5. The summed E-state index contributed by atoms with van der Waals surface area (Å²) in [5.41, 5.74) is 2.58. The van der Waals surface area contributed by atoms with E-state index in [0.29, 0.717) is 12.2 Å². The number of aliphatic hydroxyl groups excluding tert-OH is 1. The zero-order valence-corrected chi connectivity index (χ0v) is 16.8. The number of benzene rings is 1. The van der Waals surface area contributed by atoms with Crippen LogP contribution in [0.25, 0.3) is 10.9 Å². The lowest BCUT2D eigenvalue weighted by atomic mass is 9.90.